The molecule has 7 nitrogen and oxygen atoms in total. The first-order valence-electron chi connectivity index (χ1n) is 10.00. The second kappa shape index (κ2) is 6.68. The van der Waals surface area contributed by atoms with E-state index in [9.17, 15) is 13.2 Å². The number of carbonyl (C=O) groups excluding carboxylic acids is 1. The van der Waals surface area contributed by atoms with Gasteiger partial charge < -0.3 is 9.73 Å². The van der Waals surface area contributed by atoms with Gasteiger partial charge in [-0.3, -0.25) is 4.79 Å². The molecule has 0 unspecified atom stereocenters. The summed E-state index contributed by atoms with van der Waals surface area (Å²) in [4.78, 5) is 16.8. The maximum atomic E-state index is 12.2. The van der Waals surface area contributed by atoms with Crippen molar-refractivity contribution >= 4 is 38.6 Å². The molecule has 0 atom stereocenters. The standard InChI is InChI=1S/C20H24ClN3O4S/c1-29(26,27)24-10-12(11-24)4-18(25)22-15-8-20(9-15)6-13(7-20)19-23-16-5-14(21)2-3-17(16)28-19/h2-3,5,12-13,15H,4,6-11H2,1H3,(H,22,25). The van der Waals surface area contributed by atoms with Crippen LogP contribution >= 0.6 is 11.6 Å². The van der Waals surface area contributed by atoms with E-state index in [0.29, 0.717) is 35.9 Å². The number of rotatable bonds is 5. The maximum absolute atomic E-state index is 12.2. The van der Waals surface area contributed by atoms with Crippen LogP contribution in [0.25, 0.3) is 11.1 Å². The van der Waals surface area contributed by atoms with Crippen molar-refractivity contribution in [3.63, 3.8) is 0 Å². The fourth-order valence-electron chi connectivity index (χ4n) is 5.15. The van der Waals surface area contributed by atoms with Crippen molar-refractivity contribution in [1.82, 2.24) is 14.6 Å². The number of nitrogens with one attached hydrogen (secondary N) is 1. The lowest BCUT2D eigenvalue weighted by Gasteiger charge is -2.57. The number of fused-ring (bicyclic) bond motifs is 1. The highest BCUT2D eigenvalue weighted by atomic mass is 35.5. The minimum atomic E-state index is -3.12. The number of benzene rings is 1. The number of halogens is 1. The van der Waals surface area contributed by atoms with Crippen LogP contribution in [0.5, 0.6) is 0 Å². The molecule has 3 fully saturated rings. The van der Waals surface area contributed by atoms with Crippen LogP contribution in [0, 0.1) is 11.3 Å². The van der Waals surface area contributed by atoms with Gasteiger partial charge in [0, 0.05) is 36.5 Å². The number of carbonyl (C=O) groups is 1. The van der Waals surface area contributed by atoms with E-state index in [4.69, 9.17) is 16.0 Å². The highest BCUT2D eigenvalue weighted by Crippen LogP contribution is 2.61. The Hall–Kier alpha value is -1.64. The third-order valence-electron chi connectivity index (χ3n) is 6.66. The molecule has 29 heavy (non-hydrogen) atoms. The zero-order chi connectivity index (χ0) is 20.4. The van der Waals surface area contributed by atoms with Crippen molar-refractivity contribution in [3.8, 4) is 0 Å². The van der Waals surface area contributed by atoms with Crippen LogP contribution in [0.3, 0.4) is 0 Å². The third kappa shape index (κ3) is 3.66. The minimum absolute atomic E-state index is 0.0368. The van der Waals surface area contributed by atoms with Crippen LogP contribution in [-0.2, 0) is 14.8 Å². The van der Waals surface area contributed by atoms with Crippen LogP contribution in [0.2, 0.25) is 5.02 Å². The predicted molar refractivity (Wildman–Crippen MR) is 109 cm³/mol. The van der Waals surface area contributed by atoms with Gasteiger partial charge in [-0.2, -0.15) is 0 Å². The number of hydrogen-bond donors (Lipinski definition) is 1. The first-order valence-corrected chi connectivity index (χ1v) is 12.2. The second-order valence-corrected chi connectivity index (χ2v) is 11.5. The smallest absolute Gasteiger partial charge is 0.220 e. The average Bonchev–Trinajstić information content (AvgIpc) is 2.92. The fourth-order valence-corrected chi connectivity index (χ4v) is 6.27. The van der Waals surface area contributed by atoms with Crippen molar-refractivity contribution in [2.45, 2.75) is 44.1 Å². The molecule has 0 bridgehead atoms. The van der Waals surface area contributed by atoms with Gasteiger partial charge in [-0.25, -0.2) is 17.7 Å². The lowest BCUT2D eigenvalue weighted by Crippen LogP contribution is -2.56. The Balaban J connectivity index is 1.07. The molecule has 1 aliphatic heterocycles. The molecule has 9 heteroatoms. The van der Waals surface area contributed by atoms with Crippen molar-refractivity contribution in [1.29, 1.82) is 0 Å². The summed E-state index contributed by atoms with van der Waals surface area (Å²) in [5.41, 5.74) is 1.89. The Morgan fingerprint density at radius 2 is 2.03 bits per heavy atom. The van der Waals surface area contributed by atoms with Gasteiger partial charge in [-0.1, -0.05) is 11.6 Å². The van der Waals surface area contributed by atoms with E-state index >= 15 is 0 Å². The summed E-state index contributed by atoms with van der Waals surface area (Å²) in [6.45, 7) is 0.913. The van der Waals surface area contributed by atoms with Gasteiger partial charge in [0.15, 0.2) is 11.5 Å². The van der Waals surface area contributed by atoms with E-state index in [0.717, 1.165) is 42.7 Å². The fraction of sp³-hybridized carbons (Fsp3) is 0.600. The molecule has 156 valence electrons. The number of oxazole rings is 1. The third-order valence-corrected chi connectivity index (χ3v) is 8.14. The van der Waals surface area contributed by atoms with E-state index in [1.54, 1.807) is 0 Å². The van der Waals surface area contributed by atoms with Crippen molar-refractivity contribution in [2.75, 3.05) is 19.3 Å². The van der Waals surface area contributed by atoms with Gasteiger partial charge in [0.1, 0.15) is 5.52 Å². The zero-order valence-electron chi connectivity index (χ0n) is 16.2. The lowest BCUT2D eigenvalue weighted by atomic mass is 9.50. The van der Waals surface area contributed by atoms with Gasteiger partial charge >= 0.3 is 0 Å². The summed E-state index contributed by atoms with van der Waals surface area (Å²) in [6, 6.07) is 5.72. The van der Waals surface area contributed by atoms with Crippen LogP contribution < -0.4 is 5.32 Å². The summed E-state index contributed by atoms with van der Waals surface area (Å²) in [5, 5.41) is 3.77. The maximum Gasteiger partial charge on any atom is 0.220 e. The number of sulfonamides is 1. The Bertz CT molecular complexity index is 1060. The Kier molecular flexibility index (Phi) is 4.46. The molecule has 2 saturated carbocycles. The molecule has 1 amide bonds. The SMILES string of the molecule is CS(=O)(=O)N1CC(CC(=O)NC2CC3(C2)CC(c2nc4cc(Cl)ccc4o2)C3)C1. The van der Waals surface area contributed by atoms with E-state index < -0.39 is 10.0 Å². The number of hydrogen-bond acceptors (Lipinski definition) is 5. The molecule has 2 aromatic rings. The molecule has 2 aliphatic carbocycles. The molecule has 1 saturated heterocycles. The highest BCUT2D eigenvalue weighted by molar-refractivity contribution is 7.88. The topological polar surface area (TPSA) is 92.5 Å². The first kappa shape index (κ1) is 19.3. The molecule has 1 aromatic heterocycles. The van der Waals surface area contributed by atoms with E-state index in [2.05, 4.69) is 10.3 Å². The summed E-state index contributed by atoms with van der Waals surface area (Å²) >= 11 is 6.02. The van der Waals surface area contributed by atoms with E-state index in [1.807, 2.05) is 18.2 Å². The summed E-state index contributed by atoms with van der Waals surface area (Å²) in [6.07, 6.45) is 5.71. The summed E-state index contributed by atoms with van der Waals surface area (Å²) in [5.74, 6) is 1.31. The first-order chi connectivity index (χ1) is 13.7. The quantitative estimate of drug-likeness (QED) is 0.776. The largest absolute Gasteiger partial charge is 0.440 e. The van der Waals surface area contributed by atoms with Crippen LogP contribution in [0.15, 0.2) is 22.6 Å². The summed E-state index contributed by atoms with van der Waals surface area (Å²) in [7, 11) is -3.12. The van der Waals surface area contributed by atoms with Crippen molar-refractivity contribution < 1.29 is 17.6 Å². The molecule has 1 aromatic carbocycles. The van der Waals surface area contributed by atoms with Gasteiger partial charge in [0.25, 0.3) is 0 Å². The van der Waals surface area contributed by atoms with Crippen LogP contribution in [0.4, 0.5) is 0 Å². The van der Waals surface area contributed by atoms with E-state index in [1.165, 1.54) is 10.6 Å². The van der Waals surface area contributed by atoms with Gasteiger partial charge in [0.05, 0.1) is 6.26 Å². The molecule has 2 heterocycles. The average molecular weight is 438 g/mol. The highest BCUT2D eigenvalue weighted by Gasteiger charge is 2.54. The van der Waals surface area contributed by atoms with Crippen molar-refractivity contribution in [2.24, 2.45) is 11.3 Å². The zero-order valence-corrected chi connectivity index (χ0v) is 17.8. The minimum Gasteiger partial charge on any atom is -0.440 e. The molecule has 3 aliphatic rings. The molecule has 1 spiro atoms. The number of amides is 1. The molecule has 1 N–H and O–H groups in total. The molecule has 0 radical (unpaired) electrons. The van der Waals surface area contributed by atoms with Crippen LogP contribution in [-0.4, -0.2) is 49.0 Å². The van der Waals surface area contributed by atoms with Gasteiger partial charge in [-0.15, -0.1) is 0 Å². The Morgan fingerprint density at radius 1 is 1.31 bits per heavy atom. The number of aromatic nitrogens is 1. The normalized spacial score (nSPS) is 30.0. The van der Waals surface area contributed by atoms with E-state index in [-0.39, 0.29) is 17.9 Å². The summed E-state index contributed by atoms with van der Waals surface area (Å²) < 4.78 is 30.1. The van der Waals surface area contributed by atoms with Gasteiger partial charge in [0.2, 0.25) is 15.9 Å². The van der Waals surface area contributed by atoms with Gasteiger partial charge in [-0.05, 0) is 55.2 Å². The Morgan fingerprint density at radius 3 is 2.72 bits per heavy atom. The molecular weight excluding hydrogens is 414 g/mol. The molecular formula is C20H24ClN3O4S. The lowest BCUT2D eigenvalue weighted by molar-refractivity contribution is -0.126. The van der Waals surface area contributed by atoms with Crippen LogP contribution in [0.1, 0.15) is 43.9 Å². The monoisotopic (exact) mass is 437 g/mol. The van der Waals surface area contributed by atoms with Crippen molar-refractivity contribution in [3.05, 3.63) is 29.1 Å². The number of nitrogens with zero attached hydrogens (tertiary/aromatic N) is 2. The molecule has 5 rings (SSSR count). The second-order valence-electron chi connectivity index (χ2n) is 9.09. The predicted octanol–water partition coefficient (Wildman–Crippen LogP) is 2.91. The Labute approximate surface area is 174 Å².